The molecule has 3 heterocycles. The number of carbonyl (C=O) groups is 1. The number of unbranched alkanes of at least 4 members (excludes halogenated alkanes) is 1. The molecule has 0 aliphatic heterocycles. The van der Waals surface area contributed by atoms with Crippen LogP contribution in [-0.4, -0.2) is 85.5 Å². The third-order valence-electron chi connectivity index (χ3n) is 7.18. The number of alkyl halides is 2. The van der Waals surface area contributed by atoms with Crippen LogP contribution in [0.5, 0.6) is 5.88 Å². The van der Waals surface area contributed by atoms with E-state index in [2.05, 4.69) is 40.5 Å². The maximum absolute atomic E-state index is 13.5. The Bertz CT molecular complexity index is 1430. The fourth-order valence-corrected chi connectivity index (χ4v) is 5.24. The van der Waals surface area contributed by atoms with Crippen LogP contribution in [0.15, 0.2) is 24.8 Å². The minimum atomic E-state index is -2.86. The molecular weight excluding hydrogens is 644 g/mol. The lowest BCUT2D eigenvalue weighted by Crippen LogP contribution is -2.42. The van der Waals surface area contributed by atoms with Gasteiger partial charge >= 0.3 is 6.09 Å². The summed E-state index contributed by atoms with van der Waals surface area (Å²) in [4.78, 5) is 26.1. The quantitative estimate of drug-likeness (QED) is 0.0724. The summed E-state index contributed by atoms with van der Waals surface area (Å²) < 4.78 is 53.7. The molecule has 0 saturated carbocycles. The number of nitrogens with zero attached hydrogens (tertiary/aromatic N) is 6. The highest BCUT2D eigenvalue weighted by Crippen LogP contribution is 2.31. The van der Waals surface area contributed by atoms with Gasteiger partial charge in [0.25, 0.3) is 5.88 Å². The molecular formula is C33H51F2N7O5S. The fraction of sp³-hybridized carbons (Fsp3) is 0.667. The summed E-state index contributed by atoms with van der Waals surface area (Å²) in [5.41, 5.74) is 3.14. The molecule has 0 spiro atoms. The molecule has 48 heavy (non-hydrogen) atoms. The van der Waals surface area contributed by atoms with Gasteiger partial charge in [-0.05, 0) is 66.0 Å². The maximum atomic E-state index is 13.5. The predicted molar refractivity (Wildman–Crippen MR) is 182 cm³/mol. The molecule has 1 N–H and O–H groups in total. The Hall–Kier alpha value is -3.14. The van der Waals surface area contributed by atoms with Crippen molar-refractivity contribution in [2.24, 2.45) is 0 Å². The molecule has 3 aromatic rings. The number of aryl methyl sites for hydroxylation is 1. The molecule has 3 rings (SSSR count). The molecule has 2 unspecified atom stereocenters. The third kappa shape index (κ3) is 13.1. The Morgan fingerprint density at radius 3 is 2.58 bits per heavy atom. The number of pyridine rings is 1. The van der Waals surface area contributed by atoms with Crippen LogP contribution >= 0.6 is 12.2 Å². The van der Waals surface area contributed by atoms with Gasteiger partial charge in [-0.15, -0.1) is 0 Å². The maximum Gasteiger partial charge on any atom is 0.407 e. The van der Waals surface area contributed by atoms with Crippen molar-refractivity contribution in [1.29, 1.82) is 0 Å². The summed E-state index contributed by atoms with van der Waals surface area (Å²) in [6.07, 6.45) is 6.64. The van der Waals surface area contributed by atoms with Crippen molar-refractivity contribution in [3.63, 3.8) is 0 Å². The number of carbonyl (C=O) groups excluding carboxylic acids is 1. The molecule has 0 aliphatic rings. The molecule has 0 radical (unpaired) electrons. The van der Waals surface area contributed by atoms with Crippen LogP contribution in [0.4, 0.5) is 13.6 Å². The molecule has 0 bridgehead atoms. The first-order valence-electron chi connectivity index (χ1n) is 16.5. The van der Waals surface area contributed by atoms with Crippen molar-refractivity contribution in [1.82, 2.24) is 34.2 Å². The van der Waals surface area contributed by atoms with E-state index in [1.807, 2.05) is 25.4 Å². The van der Waals surface area contributed by atoms with Crippen LogP contribution in [0, 0.1) is 6.92 Å². The molecule has 12 nitrogen and oxygen atoms in total. The van der Waals surface area contributed by atoms with E-state index in [1.165, 1.54) is 18.6 Å². The molecule has 15 heteroatoms. The number of fused-ring (bicyclic) bond motifs is 1. The Labute approximate surface area is 287 Å². The van der Waals surface area contributed by atoms with Gasteiger partial charge in [0.15, 0.2) is 0 Å². The average Bonchev–Trinajstić information content (AvgIpc) is 3.49. The number of rotatable bonds is 20. The highest BCUT2D eigenvalue weighted by molar-refractivity contribution is 7.92. The number of ether oxygens (including phenoxy) is 3. The van der Waals surface area contributed by atoms with Crippen molar-refractivity contribution >= 4 is 24.0 Å². The highest BCUT2D eigenvalue weighted by Gasteiger charge is 2.26. The zero-order chi connectivity index (χ0) is 35.3. The number of hydrogen-bond acceptors (Lipinski definition) is 11. The van der Waals surface area contributed by atoms with E-state index in [-0.39, 0.29) is 32.3 Å². The summed E-state index contributed by atoms with van der Waals surface area (Å²) in [6, 6.07) is 1.39. The lowest BCUT2D eigenvalue weighted by atomic mass is 10.0. The predicted octanol–water partition coefficient (Wildman–Crippen LogP) is 7.37. The Morgan fingerprint density at radius 1 is 1.12 bits per heavy atom. The summed E-state index contributed by atoms with van der Waals surface area (Å²) in [7, 11) is 0. The second-order valence-corrected chi connectivity index (χ2v) is 13.6. The first-order valence-corrected chi connectivity index (χ1v) is 17.2. The van der Waals surface area contributed by atoms with Crippen LogP contribution in [0.25, 0.3) is 16.9 Å². The first kappa shape index (κ1) is 39.3. The minimum absolute atomic E-state index is 0.0100. The van der Waals surface area contributed by atoms with E-state index in [9.17, 15) is 13.6 Å². The van der Waals surface area contributed by atoms with Crippen LogP contribution in [0.1, 0.15) is 97.9 Å². The van der Waals surface area contributed by atoms with Gasteiger partial charge in [-0.3, -0.25) is 4.98 Å². The van der Waals surface area contributed by atoms with E-state index in [0.29, 0.717) is 30.2 Å². The van der Waals surface area contributed by atoms with Gasteiger partial charge in [0.1, 0.15) is 11.9 Å². The van der Waals surface area contributed by atoms with Gasteiger partial charge in [-0.2, -0.15) is 5.10 Å². The molecule has 0 fully saturated rings. The van der Waals surface area contributed by atoms with Gasteiger partial charge in [0.2, 0.25) is 11.6 Å². The van der Waals surface area contributed by atoms with Gasteiger partial charge in [0.05, 0.1) is 61.7 Å². The van der Waals surface area contributed by atoms with Crippen molar-refractivity contribution in [2.75, 3.05) is 33.0 Å². The second kappa shape index (κ2) is 18.6. The van der Waals surface area contributed by atoms with E-state index in [0.717, 1.165) is 43.1 Å². The standard InChI is InChI=1S/C33H51F2N7O5S/c1-9-11-17-46-48-42(10-2)24(4)27-18-26(23(3)19-36-27)28-20-41-29(37-22-38-41)30(40-28)45-16-12-15-44-21-25(13-14-33(8,34)35)39-31(43)47-32(5,6)7/h18-20,22,24-25H,9-17,21H2,1-8H3,(H,39,43). The topological polar surface area (TPSA) is 125 Å². The Morgan fingerprint density at radius 2 is 1.90 bits per heavy atom. The van der Waals surface area contributed by atoms with E-state index in [1.54, 1.807) is 25.3 Å². The zero-order valence-electron chi connectivity index (χ0n) is 29.4. The molecule has 0 aliphatic carbocycles. The zero-order valence-corrected chi connectivity index (χ0v) is 30.2. The van der Waals surface area contributed by atoms with E-state index < -0.39 is 30.1 Å². The van der Waals surface area contributed by atoms with Crippen LogP contribution in [0.3, 0.4) is 0 Å². The summed E-state index contributed by atoms with van der Waals surface area (Å²) in [5, 5.41) is 6.97. The van der Waals surface area contributed by atoms with E-state index in [4.69, 9.17) is 28.4 Å². The lowest BCUT2D eigenvalue weighted by Gasteiger charge is -2.25. The smallest absolute Gasteiger partial charge is 0.407 e. The highest BCUT2D eigenvalue weighted by atomic mass is 32.2. The molecule has 3 aromatic heterocycles. The molecule has 268 valence electrons. The number of amides is 1. The number of alkyl carbamates (subject to hydrolysis) is 1. The number of halogens is 2. The number of nitrogens with one attached hydrogen (secondary N) is 1. The van der Waals surface area contributed by atoms with Gasteiger partial charge < -0.3 is 23.7 Å². The van der Waals surface area contributed by atoms with Crippen LogP contribution in [0.2, 0.25) is 0 Å². The van der Waals surface area contributed by atoms with Crippen LogP contribution < -0.4 is 10.1 Å². The van der Waals surface area contributed by atoms with Crippen molar-refractivity contribution in [3.05, 3.63) is 36.0 Å². The van der Waals surface area contributed by atoms with Crippen molar-refractivity contribution < 1.29 is 32.0 Å². The molecule has 0 saturated heterocycles. The summed E-state index contributed by atoms with van der Waals surface area (Å²) in [5.74, 6) is -2.54. The molecule has 1 amide bonds. The third-order valence-corrected chi connectivity index (χ3v) is 8.21. The van der Waals surface area contributed by atoms with E-state index >= 15 is 0 Å². The first-order chi connectivity index (χ1) is 22.7. The van der Waals surface area contributed by atoms with Gasteiger partial charge in [-0.25, -0.2) is 32.4 Å². The number of hydrogen-bond donors (Lipinski definition) is 1. The van der Waals surface area contributed by atoms with Crippen LogP contribution in [-0.2, 0) is 13.7 Å². The lowest BCUT2D eigenvalue weighted by molar-refractivity contribution is 0.00149. The SMILES string of the molecule is CCCCOSN(CC)C(C)c1cc(-c2cn3ncnc3c(OCCCOCC(CCC(C)(F)F)NC(=O)OC(C)(C)C)n2)c(C)cn1. The number of aromatic nitrogens is 5. The molecule has 2 atom stereocenters. The fourth-order valence-electron chi connectivity index (χ4n) is 4.57. The van der Waals surface area contributed by atoms with Gasteiger partial charge in [-0.1, -0.05) is 20.3 Å². The molecule has 0 aromatic carbocycles. The summed E-state index contributed by atoms with van der Waals surface area (Å²) >= 11 is 1.37. The normalized spacial score (nSPS) is 13.6. The van der Waals surface area contributed by atoms with Crippen molar-refractivity contribution in [2.45, 2.75) is 111 Å². The Kier molecular flexibility index (Phi) is 15.2. The second-order valence-electron chi connectivity index (χ2n) is 12.8. The minimum Gasteiger partial charge on any atom is -0.475 e. The largest absolute Gasteiger partial charge is 0.475 e. The summed E-state index contributed by atoms with van der Waals surface area (Å²) in [6.45, 7) is 16.4. The average molecular weight is 696 g/mol. The monoisotopic (exact) mass is 695 g/mol. The Balaban J connectivity index is 1.64. The van der Waals surface area contributed by atoms with Gasteiger partial charge in [0, 0.05) is 37.8 Å². The van der Waals surface area contributed by atoms with Crippen molar-refractivity contribution in [3.8, 4) is 17.1 Å².